The van der Waals surface area contributed by atoms with Crippen LogP contribution < -0.4 is 20.1 Å². The maximum absolute atomic E-state index is 13.4. The fraction of sp³-hybridized carbons (Fsp3) is 0.0741. The van der Waals surface area contributed by atoms with Crippen LogP contribution in [0.15, 0.2) is 77.6 Å². The monoisotopic (exact) mass is 496 g/mol. The zero-order chi connectivity index (χ0) is 25.8. The minimum absolute atomic E-state index is 0.0658. The van der Waals surface area contributed by atoms with Crippen LogP contribution in [-0.2, 0) is 4.79 Å². The molecule has 0 bridgehead atoms. The molecule has 0 aliphatic rings. The standard InChI is InChI=1S/C27H20N4O4S/c1-17-8-9-18(2)23(14-17)29-25(32)22(16-28)27-30(20-6-4-3-5-7-20)26(33)24(36-27)15-19-10-12-21(13-11-19)31(34)35/h3-15H,1-2H3,(H,29,32). The van der Waals surface area contributed by atoms with E-state index in [1.165, 1.54) is 28.8 Å². The predicted molar refractivity (Wildman–Crippen MR) is 139 cm³/mol. The van der Waals surface area contributed by atoms with Gasteiger partial charge in [-0.25, -0.2) is 0 Å². The first-order valence-electron chi connectivity index (χ1n) is 10.8. The van der Waals surface area contributed by atoms with E-state index in [0.717, 1.165) is 22.5 Å². The topological polar surface area (TPSA) is 118 Å². The minimum Gasteiger partial charge on any atom is -0.321 e. The number of carbonyl (C=O) groups excluding carboxylic acids is 1. The van der Waals surface area contributed by atoms with E-state index in [2.05, 4.69) is 5.32 Å². The summed E-state index contributed by atoms with van der Waals surface area (Å²) in [7, 11) is 0. The van der Waals surface area contributed by atoms with Crippen LogP contribution in [0, 0.1) is 35.3 Å². The second-order valence-electron chi connectivity index (χ2n) is 8.00. The molecule has 4 rings (SSSR count). The predicted octanol–water partition coefficient (Wildman–Crippen LogP) is 3.57. The van der Waals surface area contributed by atoms with E-state index in [0.29, 0.717) is 16.9 Å². The number of anilines is 1. The highest BCUT2D eigenvalue weighted by atomic mass is 32.1. The quantitative estimate of drug-likeness (QED) is 0.335. The number of nitro groups is 1. The van der Waals surface area contributed by atoms with Gasteiger partial charge in [-0.2, -0.15) is 5.26 Å². The third-order valence-electron chi connectivity index (χ3n) is 5.43. The zero-order valence-corrected chi connectivity index (χ0v) is 20.2. The summed E-state index contributed by atoms with van der Waals surface area (Å²) < 4.78 is 1.79. The summed E-state index contributed by atoms with van der Waals surface area (Å²) in [5.41, 5.74) is 2.77. The molecule has 8 nitrogen and oxygen atoms in total. The second kappa shape index (κ2) is 10.2. The lowest BCUT2D eigenvalue weighted by Crippen LogP contribution is -2.32. The van der Waals surface area contributed by atoms with Gasteiger partial charge < -0.3 is 5.32 Å². The largest absolute Gasteiger partial charge is 0.321 e. The molecule has 3 aromatic carbocycles. The Labute approximate surface area is 209 Å². The first kappa shape index (κ1) is 24.3. The summed E-state index contributed by atoms with van der Waals surface area (Å²) in [4.78, 5) is 37.1. The third-order valence-corrected chi connectivity index (χ3v) is 6.53. The molecule has 0 fully saturated rings. The van der Waals surface area contributed by atoms with Gasteiger partial charge in [0, 0.05) is 17.8 Å². The third kappa shape index (κ3) is 4.99. The highest BCUT2D eigenvalue weighted by Crippen LogP contribution is 2.17. The molecule has 1 amide bonds. The summed E-state index contributed by atoms with van der Waals surface area (Å²) in [6.07, 6.45) is 1.58. The van der Waals surface area contributed by atoms with E-state index in [9.17, 15) is 25.0 Å². The first-order valence-corrected chi connectivity index (χ1v) is 11.7. The summed E-state index contributed by atoms with van der Waals surface area (Å²) >= 11 is 1.01. The number of nitrogens with one attached hydrogen (secondary N) is 1. The van der Waals surface area contributed by atoms with Gasteiger partial charge in [0.05, 0.1) is 15.1 Å². The van der Waals surface area contributed by atoms with E-state index in [1.807, 2.05) is 38.1 Å². The van der Waals surface area contributed by atoms with Crippen molar-refractivity contribution < 1.29 is 9.72 Å². The molecule has 0 atom stereocenters. The number of para-hydroxylation sites is 1. The van der Waals surface area contributed by atoms with Crippen LogP contribution in [0.1, 0.15) is 16.7 Å². The van der Waals surface area contributed by atoms with Crippen molar-refractivity contribution in [2.75, 3.05) is 5.32 Å². The molecule has 0 aliphatic carbocycles. The van der Waals surface area contributed by atoms with Crippen molar-refractivity contribution in [2.24, 2.45) is 0 Å². The maximum Gasteiger partial charge on any atom is 0.273 e. The minimum atomic E-state index is -0.626. The Kier molecular flexibility index (Phi) is 6.90. The van der Waals surface area contributed by atoms with Crippen LogP contribution in [0.25, 0.3) is 17.3 Å². The molecular weight excluding hydrogens is 476 g/mol. The molecule has 0 saturated heterocycles. The van der Waals surface area contributed by atoms with Crippen molar-refractivity contribution in [2.45, 2.75) is 13.8 Å². The Morgan fingerprint density at radius 3 is 2.42 bits per heavy atom. The molecule has 4 aromatic rings. The lowest BCUT2D eigenvalue weighted by Gasteiger charge is -2.09. The number of rotatable bonds is 5. The molecule has 0 aliphatic heterocycles. The summed E-state index contributed by atoms with van der Waals surface area (Å²) in [6.45, 7) is 3.75. The van der Waals surface area contributed by atoms with Crippen molar-refractivity contribution in [3.05, 3.63) is 119 Å². The molecule has 9 heteroatoms. The van der Waals surface area contributed by atoms with Gasteiger partial charge in [-0.3, -0.25) is 24.3 Å². The van der Waals surface area contributed by atoms with E-state index in [1.54, 1.807) is 36.4 Å². The van der Waals surface area contributed by atoms with Crippen LogP contribution >= 0.6 is 11.3 Å². The van der Waals surface area contributed by atoms with E-state index in [4.69, 9.17) is 0 Å². The second-order valence-corrected chi connectivity index (χ2v) is 9.03. The number of thiazole rings is 1. The Balaban J connectivity index is 1.93. The van der Waals surface area contributed by atoms with Gasteiger partial charge in [0.2, 0.25) is 0 Å². The number of non-ortho nitro benzene ring substituents is 1. The van der Waals surface area contributed by atoms with Crippen molar-refractivity contribution in [1.29, 1.82) is 5.26 Å². The lowest BCUT2D eigenvalue weighted by molar-refractivity contribution is -0.384. The lowest BCUT2D eigenvalue weighted by atomic mass is 10.1. The molecule has 36 heavy (non-hydrogen) atoms. The van der Waals surface area contributed by atoms with E-state index < -0.39 is 16.4 Å². The number of aryl methyl sites for hydroxylation is 2. The van der Waals surface area contributed by atoms with Crippen molar-refractivity contribution in [3.63, 3.8) is 0 Å². The van der Waals surface area contributed by atoms with Gasteiger partial charge in [0.1, 0.15) is 10.7 Å². The summed E-state index contributed by atoms with van der Waals surface area (Å²) in [6, 6.07) is 22.1. The molecule has 0 radical (unpaired) electrons. The number of hydrogen-bond acceptors (Lipinski definition) is 6. The fourth-order valence-corrected chi connectivity index (χ4v) is 4.66. The average Bonchev–Trinajstić information content (AvgIpc) is 3.18. The molecule has 1 aromatic heterocycles. The number of amides is 1. The smallest absolute Gasteiger partial charge is 0.273 e. The summed E-state index contributed by atoms with van der Waals surface area (Å²) in [5.74, 6) is -0.626. The van der Waals surface area contributed by atoms with Crippen LogP contribution in [0.2, 0.25) is 0 Å². The van der Waals surface area contributed by atoms with Crippen LogP contribution in [0.4, 0.5) is 11.4 Å². The zero-order valence-electron chi connectivity index (χ0n) is 19.4. The number of hydrogen-bond donors (Lipinski definition) is 1. The first-order chi connectivity index (χ1) is 17.3. The fourth-order valence-electron chi connectivity index (χ4n) is 3.56. The van der Waals surface area contributed by atoms with Gasteiger partial charge in [-0.05, 0) is 66.9 Å². The number of aromatic nitrogens is 1. The van der Waals surface area contributed by atoms with E-state index in [-0.39, 0.29) is 20.5 Å². The average molecular weight is 497 g/mol. The van der Waals surface area contributed by atoms with Crippen molar-refractivity contribution in [3.8, 4) is 11.8 Å². The molecule has 0 unspecified atom stereocenters. The summed E-state index contributed by atoms with van der Waals surface area (Å²) in [5, 5.41) is 23.7. The van der Waals surface area contributed by atoms with Crippen molar-refractivity contribution >= 4 is 40.3 Å². The van der Waals surface area contributed by atoms with Gasteiger partial charge >= 0.3 is 0 Å². The van der Waals surface area contributed by atoms with Gasteiger partial charge in [0.15, 0.2) is 5.57 Å². The normalized spacial score (nSPS) is 12.1. The molecule has 1 N–H and O–H groups in total. The Bertz CT molecular complexity index is 1700. The molecule has 0 saturated carbocycles. The molecule has 1 heterocycles. The maximum atomic E-state index is 13.4. The van der Waals surface area contributed by atoms with Gasteiger partial charge in [-0.15, -0.1) is 11.3 Å². The molecule has 178 valence electrons. The van der Waals surface area contributed by atoms with Crippen LogP contribution in [0.5, 0.6) is 0 Å². The molecule has 0 spiro atoms. The number of benzene rings is 3. The Morgan fingerprint density at radius 1 is 1.08 bits per heavy atom. The highest BCUT2D eigenvalue weighted by molar-refractivity contribution is 7.07. The van der Waals surface area contributed by atoms with Crippen LogP contribution in [0.3, 0.4) is 0 Å². The number of carbonyl (C=O) groups is 1. The Morgan fingerprint density at radius 2 is 1.78 bits per heavy atom. The Hall–Kier alpha value is -4.81. The number of nitrogens with zero attached hydrogens (tertiary/aromatic N) is 3. The van der Waals surface area contributed by atoms with Gasteiger partial charge in [-0.1, -0.05) is 30.3 Å². The van der Waals surface area contributed by atoms with Crippen molar-refractivity contribution in [1.82, 2.24) is 4.57 Å². The van der Waals surface area contributed by atoms with Crippen LogP contribution in [-0.4, -0.2) is 15.4 Å². The van der Waals surface area contributed by atoms with E-state index >= 15 is 0 Å². The van der Waals surface area contributed by atoms with Gasteiger partial charge in [0.25, 0.3) is 17.2 Å². The number of nitro benzene ring substituents is 1. The SMILES string of the molecule is Cc1ccc(C)c(NC(=O)C(C#N)=c2sc(=Cc3ccc([N+](=O)[O-])cc3)c(=O)n2-c2ccccc2)c1. The highest BCUT2D eigenvalue weighted by Gasteiger charge is 2.18. The molecular formula is C27H20N4O4S. The number of nitriles is 1.